The van der Waals surface area contributed by atoms with Gasteiger partial charge in [-0.3, -0.25) is 52.7 Å². The summed E-state index contributed by atoms with van der Waals surface area (Å²) in [5.41, 5.74) is 0.245. The second-order valence-corrected chi connectivity index (χ2v) is 14.3. The van der Waals surface area contributed by atoms with Crippen LogP contribution >= 0.6 is 15.9 Å². The van der Waals surface area contributed by atoms with Crippen molar-refractivity contribution in [2.45, 2.75) is 158 Å². The molecule has 0 aromatic heterocycles. The van der Waals surface area contributed by atoms with E-state index in [-0.39, 0.29) is 41.0 Å². The Morgan fingerprint density at radius 1 is 0.529 bits per heavy atom. The van der Waals surface area contributed by atoms with Crippen LogP contribution in [-0.4, -0.2) is 139 Å². The molecule has 8 unspecified atom stereocenters. The summed E-state index contributed by atoms with van der Waals surface area (Å²) in [6, 6.07) is 5.82. The van der Waals surface area contributed by atoms with E-state index in [1.165, 1.54) is 24.3 Å². The number of aldehydes is 1. The van der Waals surface area contributed by atoms with Crippen LogP contribution < -0.4 is 4.74 Å². The predicted molar refractivity (Wildman–Crippen MR) is 234 cm³/mol. The van der Waals surface area contributed by atoms with Crippen molar-refractivity contribution in [3.63, 3.8) is 0 Å². The van der Waals surface area contributed by atoms with Gasteiger partial charge in [0.1, 0.15) is 25.2 Å². The van der Waals surface area contributed by atoms with E-state index < -0.39 is 132 Å². The highest BCUT2D eigenvalue weighted by Gasteiger charge is 2.67. The summed E-state index contributed by atoms with van der Waals surface area (Å²) in [5, 5.41) is -1.08. The SMILES string of the molecule is C.C.C.C.CC(=O)OCC1OC(Br)C(OC(C)=O)C(OC(C)=O)C1(OC(C)=O)OC(C)=O.CC(=O)OCC1OC(Oc2cccc(C=O)c2)C(OC(C)=O)C(OC(C)=O)C1(OC(C)=O)OC(C)=O. The summed E-state index contributed by atoms with van der Waals surface area (Å²) in [7, 11) is 0. The number of carbonyl (C=O) groups excluding carboxylic acids is 11. The summed E-state index contributed by atoms with van der Waals surface area (Å²) in [6.07, 6.45) is -10.5. The zero-order valence-corrected chi connectivity index (χ0v) is 37.7. The highest BCUT2D eigenvalue weighted by Crippen LogP contribution is 2.41. The highest BCUT2D eigenvalue weighted by atomic mass is 79.9. The second kappa shape index (κ2) is 29.5. The van der Waals surface area contributed by atoms with E-state index >= 15 is 0 Å². The molecule has 386 valence electrons. The first-order valence-electron chi connectivity index (χ1n) is 18.7. The topological polar surface area (TPSA) is 308 Å². The van der Waals surface area contributed by atoms with Crippen LogP contribution in [0.15, 0.2) is 24.3 Å². The number of ether oxygens (including phenoxy) is 13. The Hall–Kier alpha value is -6.21. The van der Waals surface area contributed by atoms with Crippen LogP contribution in [0.4, 0.5) is 0 Å². The minimum absolute atomic E-state index is 0. The fourth-order valence-corrected chi connectivity index (χ4v) is 6.71. The molecule has 0 N–H and O–H groups in total. The molecular formula is C43H63BrO24. The molecule has 0 bridgehead atoms. The van der Waals surface area contributed by atoms with Crippen molar-refractivity contribution in [3.8, 4) is 5.75 Å². The van der Waals surface area contributed by atoms with Crippen molar-refractivity contribution in [2.75, 3.05) is 13.2 Å². The lowest BCUT2D eigenvalue weighted by atomic mass is 9.93. The van der Waals surface area contributed by atoms with Gasteiger partial charge in [0.15, 0.2) is 23.3 Å². The van der Waals surface area contributed by atoms with Crippen molar-refractivity contribution < 1.29 is 114 Å². The van der Waals surface area contributed by atoms with Crippen LogP contribution in [-0.2, 0) is 105 Å². The van der Waals surface area contributed by atoms with Crippen LogP contribution in [0.25, 0.3) is 0 Å². The van der Waals surface area contributed by atoms with Crippen molar-refractivity contribution in [2.24, 2.45) is 0 Å². The molecular weight excluding hydrogens is 980 g/mol. The average molecular weight is 1040 g/mol. The molecule has 0 amide bonds. The molecule has 68 heavy (non-hydrogen) atoms. The van der Waals surface area contributed by atoms with Crippen molar-refractivity contribution in [1.82, 2.24) is 0 Å². The first-order chi connectivity index (χ1) is 29.8. The maximum atomic E-state index is 12.1. The van der Waals surface area contributed by atoms with Gasteiger partial charge in [0, 0.05) is 74.8 Å². The Morgan fingerprint density at radius 3 is 1.25 bits per heavy atom. The van der Waals surface area contributed by atoms with Gasteiger partial charge in [-0.15, -0.1) is 0 Å². The fourth-order valence-electron chi connectivity index (χ4n) is 6.06. The largest absolute Gasteiger partial charge is 0.463 e. The molecule has 8 atom stereocenters. The minimum atomic E-state index is -2.55. The molecule has 0 spiro atoms. The zero-order chi connectivity index (χ0) is 48.7. The Morgan fingerprint density at radius 2 is 0.897 bits per heavy atom. The van der Waals surface area contributed by atoms with E-state index in [9.17, 15) is 52.7 Å². The van der Waals surface area contributed by atoms with E-state index in [1.807, 2.05) is 0 Å². The lowest BCUT2D eigenvalue weighted by molar-refractivity contribution is -0.377. The molecule has 3 rings (SSSR count). The Balaban J connectivity index is -0.00000121. The molecule has 2 aliphatic rings. The normalized spacial score (nSPS) is 22.5. The fraction of sp³-hybridized carbons (Fsp3) is 0.605. The van der Waals surface area contributed by atoms with Gasteiger partial charge in [0.2, 0.25) is 24.6 Å². The molecule has 1 aromatic rings. The number of carbonyl (C=O) groups is 11. The van der Waals surface area contributed by atoms with Gasteiger partial charge in [-0.1, -0.05) is 57.8 Å². The first-order valence-corrected chi connectivity index (χ1v) is 19.6. The van der Waals surface area contributed by atoms with Gasteiger partial charge in [0.05, 0.1) is 0 Å². The van der Waals surface area contributed by atoms with Gasteiger partial charge < -0.3 is 61.6 Å². The standard InChI is InChI=1S/C23H26O13.C16H21BrO11.4CH4/c1-12(25)30-11-19-23(35-15(4)28,36-16(5)29)21(32-14(3)27)20(31-13(2)26)22(34-19)33-18-8-6-7-17(9-18)10-24;1-7(18)23-6-12-16(27-10(4)21,28-11(5)22)14(25-9(3)20)13(15(17)26-12)24-8(2)19;;;;/h6-10,19-22H,11H2,1-5H3;12-15H,6H2,1-5H3;4*1H4. The minimum Gasteiger partial charge on any atom is -0.463 e. The average Bonchev–Trinajstić information content (AvgIpc) is 3.14. The summed E-state index contributed by atoms with van der Waals surface area (Å²) in [4.78, 5) is 129. The van der Waals surface area contributed by atoms with Gasteiger partial charge in [0.25, 0.3) is 0 Å². The monoisotopic (exact) mass is 1040 g/mol. The molecule has 0 radical (unpaired) electrons. The number of rotatable bonds is 15. The Kier molecular flexibility index (Phi) is 28.7. The lowest BCUT2D eigenvalue weighted by Gasteiger charge is -2.49. The third-order valence-corrected chi connectivity index (χ3v) is 8.67. The van der Waals surface area contributed by atoms with Crippen LogP contribution in [0.3, 0.4) is 0 Å². The van der Waals surface area contributed by atoms with E-state index in [2.05, 4.69) is 15.9 Å². The van der Waals surface area contributed by atoms with Crippen LogP contribution in [0.5, 0.6) is 5.75 Å². The summed E-state index contributed by atoms with van der Waals surface area (Å²) >= 11 is 3.13. The van der Waals surface area contributed by atoms with Gasteiger partial charge in [-0.25, -0.2) is 0 Å². The number of hydrogen-bond donors (Lipinski definition) is 0. The Labute approximate surface area is 402 Å². The molecule has 1 aromatic carbocycles. The number of esters is 10. The maximum absolute atomic E-state index is 12.1. The third kappa shape index (κ3) is 19.2. The second-order valence-electron chi connectivity index (χ2n) is 13.4. The third-order valence-electron chi connectivity index (χ3n) is 7.93. The zero-order valence-electron chi connectivity index (χ0n) is 36.1. The van der Waals surface area contributed by atoms with Crippen molar-refractivity contribution in [1.29, 1.82) is 0 Å². The van der Waals surface area contributed by atoms with Crippen LogP contribution in [0.2, 0.25) is 0 Å². The summed E-state index contributed by atoms with van der Waals surface area (Å²) < 4.78 is 69.2. The molecule has 0 saturated carbocycles. The molecule has 2 heterocycles. The van der Waals surface area contributed by atoms with E-state index in [1.54, 1.807) is 0 Å². The van der Waals surface area contributed by atoms with Crippen molar-refractivity contribution >= 4 is 81.9 Å². The van der Waals surface area contributed by atoms with Crippen molar-refractivity contribution in [3.05, 3.63) is 29.8 Å². The lowest BCUT2D eigenvalue weighted by Crippen LogP contribution is -2.72. The van der Waals surface area contributed by atoms with Crippen LogP contribution in [0, 0.1) is 0 Å². The molecule has 2 fully saturated rings. The first kappa shape index (κ1) is 66.1. The van der Waals surface area contributed by atoms with E-state index in [4.69, 9.17) is 61.6 Å². The van der Waals surface area contributed by atoms with Gasteiger partial charge >= 0.3 is 71.3 Å². The molecule has 2 saturated heterocycles. The van der Waals surface area contributed by atoms with E-state index in [0.29, 0.717) is 6.29 Å². The molecule has 2 aliphatic heterocycles. The molecule has 25 heteroatoms. The predicted octanol–water partition coefficient (Wildman–Crippen LogP) is 3.75. The number of hydrogen-bond acceptors (Lipinski definition) is 24. The number of benzene rings is 1. The van der Waals surface area contributed by atoms with Gasteiger partial charge in [-0.2, -0.15) is 0 Å². The smallest absolute Gasteiger partial charge is 0.327 e. The highest BCUT2D eigenvalue weighted by molar-refractivity contribution is 9.09. The summed E-state index contributed by atoms with van der Waals surface area (Å²) in [6.45, 7) is 9.21. The quantitative estimate of drug-likeness (QED) is 0.0794. The molecule has 0 aliphatic carbocycles. The van der Waals surface area contributed by atoms with Gasteiger partial charge in [-0.05, 0) is 12.1 Å². The summed E-state index contributed by atoms with van der Waals surface area (Å²) in [5.74, 6) is -13.6. The van der Waals surface area contributed by atoms with E-state index in [0.717, 1.165) is 69.2 Å². The number of alkyl halides is 1. The van der Waals surface area contributed by atoms with Crippen LogP contribution in [0.1, 0.15) is 109 Å². The Bertz CT molecular complexity index is 1900. The number of halogens is 1. The maximum Gasteiger partial charge on any atom is 0.327 e. The molecule has 24 nitrogen and oxygen atoms in total.